The van der Waals surface area contributed by atoms with Gasteiger partial charge in [0.05, 0.1) is 11.7 Å². The van der Waals surface area contributed by atoms with Gasteiger partial charge in [-0.25, -0.2) is 4.79 Å². The van der Waals surface area contributed by atoms with Crippen LogP contribution in [0, 0.1) is 16.7 Å². The molecule has 170 valence electrons. The Balaban J connectivity index is 2.30. The molecule has 0 bridgehead atoms. The first-order valence-corrected chi connectivity index (χ1v) is 10.5. The lowest BCUT2D eigenvalue weighted by atomic mass is 9.39. The average Bonchev–Trinajstić information content (AvgIpc) is 2.61. The molecule has 0 unspecified atom stereocenters. The molecule has 1 aliphatic heterocycles. The first-order chi connectivity index (χ1) is 13.6. The molecule has 3 rings (SSSR count). The maximum Gasteiger partial charge on any atom is 0.409 e. The molecule has 0 aromatic carbocycles. The lowest BCUT2D eigenvalue weighted by molar-refractivity contribution is -0.396. The highest BCUT2D eigenvalue weighted by molar-refractivity contribution is 5.92. The number of rotatable bonds is 2. The highest BCUT2D eigenvalue weighted by atomic mass is 16.7. The Kier molecular flexibility index (Phi) is 5.03. The minimum Gasteiger partial charge on any atom is -0.417 e. The molecule has 8 nitrogen and oxygen atoms in total. The molecule has 2 saturated carbocycles. The Labute approximate surface area is 177 Å². The first-order valence-electron chi connectivity index (χ1n) is 10.5. The zero-order valence-electron chi connectivity index (χ0n) is 18.7. The quantitative estimate of drug-likeness (QED) is 0.392. The number of ether oxygens (including phenoxy) is 2. The summed E-state index contributed by atoms with van der Waals surface area (Å²) in [7, 11) is 1.38. The van der Waals surface area contributed by atoms with Gasteiger partial charge in [0, 0.05) is 31.2 Å². The molecule has 4 N–H and O–H groups in total. The number of carbonyl (C=O) groups excluding carboxylic acids is 2. The van der Waals surface area contributed by atoms with E-state index in [0.29, 0.717) is 12.8 Å². The first kappa shape index (κ1) is 23.2. The zero-order chi connectivity index (χ0) is 23.0. The van der Waals surface area contributed by atoms with Crippen molar-refractivity contribution in [1.29, 1.82) is 0 Å². The molecule has 1 saturated heterocycles. The van der Waals surface area contributed by atoms with Gasteiger partial charge >= 0.3 is 6.09 Å². The molecular weight excluding hydrogens is 390 g/mol. The topological polar surface area (TPSA) is 125 Å². The van der Waals surface area contributed by atoms with Crippen LogP contribution in [0.1, 0.15) is 60.3 Å². The van der Waals surface area contributed by atoms with Gasteiger partial charge < -0.3 is 30.1 Å². The number of aliphatic hydroxyl groups is 3. The molecular formula is C22H35NO7. The van der Waals surface area contributed by atoms with Crippen LogP contribution in [-0.2, 0) is 14.3 Å². The van der Waals surface area contributed by atoms with Gasteiger partial charge in [-0.1, -0.05) is 26.8 Å². The van der Waals surface area contributed by atoms with E-state index in [1.54, 1.807) is 13.8 Å². The number of carbonyl (C=O) groups is 2. The summed E-state index contributed by atoms with van der Waals surface area (Å²) < 4.78 is 11.8. The van der Waals surface area contributed by atoms with E-state index in [0.717, 1.165) is 0 Å². The van der Waals surface area contributed by atoms with Gasteiger partial charge in [-0.05, 0) is 32.1 Å². The summed E-state index contributed by atoms with van der Waals surface area (Å²) in [6, 6.07) is 0. The van der Waals surface area contributed by atoms with Gasteiger partial charge in [0.2, 0.25) is 5.79 Å². The second kappa shape index (κ2) is 6.51. The number of hydrogen-bond donors (Lipinski definition) is 4. The number of amides is 1. The number of ketones is 1. The Morgan fingerprint density at radius 3 is 2.40 bits per heavy atom. The summed E-state index contributed by atoms with van der Waals surface area (Å²) in [6.45, 7) is 12.3. The van der Waals surface area contributed by atoms with Crippen molar-refractivity contribution in [1.82, 2.24) is 5.32 Å². The maximum absolute atomic E-state index is 13.5. The van der Waals surface area contributed by atoms with E-state index < -0.39 is 57.3 Å². The Morgan fingerprint density at radius 2 is 1.87 bits per heavy atom. The Hall–Kier alpha value is -1.48. The summed E-state index contributed by atoms with van der Waals surface area (Å²) >= 11 is 0. The van der Waals surface area contributed by atoms with Crippen LogP contribution < -0.4 is 5.32 Å². The molecule has 2 aliphatic carbocycles. The highest BCUT2D eigenvalue weighted by Crippen LogP contribution is 2.69. The Bertz CT molecular complexity index is 783. The van der Waals surface area contributed by atoms with Crippen molar-refractivity contribution in [3.8, 4) is 0 Å². The van der Waals surface area contributed by atoms with Crippen LogP contribution >= 0.6 is 0 Å². The van der Waals surface area contributed by atoms with E-state index in [9.17, 15) is 24.9 Å². The minimum atomic E-state index is -2.11. The van der Waals surface area contributed by atoms with Crippen LogP contribution in [0.3, 0.4) is 0 Å². The fourth-order valence-corrected chi connectivity index (χ4v) is 6.89. The summed E-state index contributed by atoms with van der Waals surface area (Å²) in [5, 5.41) is 37.4. The summed E-state index contributed by atoms with van der Waals surface area (Å²) in [4.78, 5) is 25.8. The lowest BCUT2D eigenvalue weighted by Crippen LogP contribution is -2.85. The smallest absolute Gasteiger partial charge is 0.409 e. The monoisotopic (exact) mass is 425 g/mol. The highest BCUT2D eigenvalue weighted by Gasteiger charge is 2.81. The van der Waals surface area contributed by atoms with E-state index in [-0.39, 0.29) is 12.8 Å². The van der Waals surface area contributed by atoms with Crippen molar-refractivity contribution in [2.75, 3.05) is 7.05 Å². The molecule has 1 amide bonds. The number of fused-ring (bicyclic) bond motifs is 3. The van der Waals surface area contributed by atoms with Crippen LogP contribution in [-0.4, -0.2) is 62.9 Å². The Morgan fingerprint density at radius 1 is 1.27 bits per heavy atom. The molecule has 1 heterocycles. The predicted molar refractivity (Wildman–Crippen MR) is 108 cm³/mol. The molecule has 3 fully saturated rings. The van der Waals surface area contributed by atoms with E-state index >= 15 is 0 Å². The van der Waals surface area contributed by atoms with Gasteiger partial charge in [0.1, 0.15) is 5.60 Å². The van der Waals surface area contributed by atoms with Gasteiger partial charge in [-0.15, -0.1) is 6.58 Å². The minimum absolute atomic E-state index is 0.118. The third kappa shape index (κ3) is 2.73. The van der Waals surface area contributed by atoms with Crippen molar-refractivity contribution in [2.45, 2.75) is 89.0 Å². The van der Waals surface area contributed by atoms with Gasteiger partial charge in [0.15, 0.2) is 11.4 Å². The summed E-state index contributed by atoms with van der Waals surface area (Å²) in [5.41, 5.74) is -7.03. The normalized spacial score (nSPS) is 50.1. The van der Waals surface area contributed by atoms with E-state index in [1.807, 2.05) is 13.8 Å². The third-order valence-electron chi connectivity index (χ3n) is 8.00. The van der Waals surface area contributed by atoms with Crippen LogP contribution in [0.15, 0.2) is 12.7 Å². The number of aliphatic hydroxyl groups excluding tert-OH is 1. The largest absolute Gasteiger partial charge is 0.417 e. The van der Waals surface area contributed by atoms with Gasteiger partial charge in [-0.3, -0.25) is 4.79 Å². The molecule has 3 aliphatic rings. The number of Topliss-reactive ketones (excluding diaryl/α,β-unsaturated/α-hetero) is 1. The lowest BCUT2D eigenvalue weighted by Gasteiger charge is -2.71. The third-order valence-corrected chi connectivity index (χ3v) is 8.00. The second-order valence-corrected chi connectivity index (χ2v) is 10.6. The van der Waals surface area contributed by atoms with Crippen LogP contribution in [0.25, 0.3) is 0 Å². The number of alkyl carbamates (subject to hydrolysis) is 1. The molecule has 30 heavy (non-hydrogen) atoms. The fraction of sp³-hybridized carbons (Fsp3) is 0.818. The standard InChI is InChI=1S/C22H35NO7/c1-8-18(4)11-14(25)22(28)19(5,30-18)12-21(27,29-16(26)23-7)15-17(2,3)10-9-13(24)20(15,22)6/h8,13,15,24,27-28H,1,9-12H2,2-7H3,(H,23,26)/t13-,15-,18-,19+,20-,21+,22+/m0/s1. The molecule has 8 heteroatoms. The predicted octanol–water partition coefficient (Wildman–Crippen LogP) is 1.66. The molecule has 0 aromatic heterocycles. The average molecular weight is 426 g/mol. The van der Waals surface area contributed by atoms with Crippen molar-refractivity contribution in [3.63, 3.8) is 0 Å². The van der Waals surface area contributed by atoms with Crippen molar-refractivity contribution in [3.05, 3.63) is 12.7 Å². The second-order valence-electron chi connectivity index (χ2n) is 10.6. The van der Waals surface area contributed by atoms with Crippen LogP contribution in [0.5, 0.6) is 0 Å². The van der Waals surface area contributed by atoms with Crippen LogP contribution in [0.4, 0.5) is 4.79 Å². The van der Waals surface area contributed by atoms with Gasteiger partial charge in [-0.2, -0.15) is 0 Å². The number of nitrogens with one attached hydrogen (secondary N) is 1. The summed E-state index contributed by atoms with van der Waals surface area (Å²) in [6.07, 6.45) is -0.105. The van der Waals surface area contributed by atoms with Crippen LogP contribution in [0.2, 0.25) is 0 Å². The van der Waals surface area contributed by atoms with Gasteiger partial charge in [0.25, 0.3) is 0 Å². The molecule has 0 aromatic rings. The molecule has 0 spiro atoms. The summed E-state index contributed by atoms with van der Waals surface area (Å²) in [5.74, 6) is -3.51. The van der Waals surface area contributed by atoms with E-state index in [1.165, 1.54) is 20.0 Å². The zero-order valence-corrected chi connectivity index (χ0v) is 18.7. The maximum atomic E-state index is 13.5. The van der Waals surface area contributed by atoms with Crippen molar-refractivity contribution in [2.24, 2.45) is 16.7 Å². The van der Waals surface area contributed by atoms with E-state index in [4.69, 9.17) is 9.47 Å². The molecule has 7 atom stereocenters. The van der Waals surface area contributed by atoms with E-state index in [2.05, 4.69) is 11.9 Å². The SMILES string of the molecule is C=C[C@@]1(C)CC(=O)[C@]2(O)[C@@]3(C)[C@@H](O)CCC(C)(C)[C@@H]3[C@](O)(OC(=O)NC)C[C@@]2(C)O1. The fourth-order valence-electron chi connectivity index (χ4n) is 6.89. The number of hydrogen-bond acceptors (Lipinski definition) is 7. The van der Waals surface area contributed by atoms with Crippen molar-refractivity contribution < 1.29 is 34.4 Å². The van der Waals surface area contributed by atoms with Crippen molar-refractivity contribution >= 4 is 11.9 Å². The molecule has 0 radical (unpaired) electrons.